The van der Waals surface area contributed by atoms with Gasteiger partial charge in [-0.25, -0.2) is 0 Å². The van der Waals surface area contributed by atoms with Crippen LogP contribution in [0.4, 0.5) is 0 Å². The molecule has 10 aliphatic rings. The average molecular weight is 1060 g/mol. The van der Waals surface area contributed by atoms with Crippen molar-refractivity contribution in [2.45, 2.75) is 233 Å². The van der Waals surface area contributed by atoms with Crippen molar-refractivity contribution in [1.29, 1.82) is 0 Å². The summed E-state index contributed by atoms with van der Waals surface area (Å²) in [5.41, 5.74) is 0.843. The van der Waals surface area contributed by atoms with E-state index in [1.54, 1.807) is 0 Å². The number of ether oxygens (including phenoxy) is 10. The van der Waals surface area contributed by atoms with E-state index >= 15 is 0 Å². The average Bonchev–Trinajstić information content (AvgIpc) is 3.80. The minimum Gasteiger partial charge on any atom is -0.394 e. The van der Waals surface area contributed by atoms with Crippen LogP contribution in [0.15, 0.2) is 11.6 Å². The molecule has 23 heteroatoms. The number of hydrogen-bond donors (Lipinski definition) is 13. The number of hydrogen-bond acceptors (Lipinski definition) is 23. The van der Waals surface area contributed by atoms with Gasteiger partial charge in [0, 0.05) is 18.3 Å². The second-order valence-corrected chi connectivity index (χ2v) is 24.0. The second kappa shape index (κ2) is 21.4. The molecule has 424 valence electrons. The predicted molar refractivity (Wildman–Crippen MR) is 248 cm³/mol. The standard InChI is InChI=1S/C51H82O23/c1-19-8-13-51(65-18-19)20(2)29-42(74-51)34(58)30-24-7-6-22-14-23(9-11-49(22,4)25(24)10-12-50(29,30)5)67-47-44(73-45-38(62)35(59)31(55)21(3)66-45)40(64)41(28(17-54)70-47)71-48-43(37(61)33(57)27(16-53)69-48)72-46-39(63)36(60)32(56)26(15-52)68-46/h6,19-21,23-48,52-64H,7-18H2,1-5H3/t19-,20-,21-,23-,24+,25-,26+,27+,28+,29-,30+,31-,32+,33+,34+,35+,36-,37-,38+,39+,40-,41-,42+,43+,44+,45-,46-,47+,48-,49-,50+,51?/m0/s1. The molecular weight excluding hydrogens is 981 g/mol. The van der Waals surface area contributed by atoms with Gasteiger partial charge < -0.3 is 114 Å². The van der Waals surface area contributed by atoms with Crippen LogP contribution in [0.1, 0.15) is 86.0 Å². The van der Waals surface area contributed by atoms with Crippen molar-refractivity contribution >= 4 is 0 Å². The fraction of sp³-hybridized carbons (Fsp3) is 0.961. The maximum Gasteiger partial charge on any atom is 0.187 e. The van der Waals surface area contributed by atoms with Gasteiger partial charge in [-0.15, -0.1) is 0 Å². The van der Waals surface area contributed by atoms with Gasteiger partial charge in [0.05, 0.1) is 50.8 Å². The van der Waals surface area contributed by atoms with Gasteiger partial charge in [0.25, 0.3) is 0 Å². The van der Waals surface area contributed by atoms with E-state index in [-0.39, 0.29) is 46.5 Å². The Kier molecular flexibility index (Phi) is 16.2. The highest BCUT2D eigenvalue weighted by atomic mass is 16.8. The van der Waals surface area contributed by atoms with Crippen molar-refractivity contribution in [3.05, 3.63) is 11.6 Å². The summed E-state index contributed by atoms with van der Waals surface area (Å²) in [6.45, 7) is 8.74. The van der Waals surface area contributed by atoms with Crippen LogP contribution in [0, 0.1) is 46.3 Å². The summed E-state index contributed by atoms with van der Waals surface area (Å²) in [6.07, 6.45) is -26.8. The number of rotatable bonds is 11. The van der Waals surface area contributed by atoms with Crippen LogP contribution in [-0.2, 0) is 47.4 Å². The van der Waals surface area contributed by atoms with E-state index < -0.39 is 161 Å². The van der Waals surface area contributed by atoms with Gasteiger partial charge in [-0.1, -0.05) is 39.3 Å². The summed E-state index contributed by atoms with van der Waals surface area (Å²) in [7, 11) is 0. The molecule has 4 aliphatic carbocycles. The van der Waals surface area contributed by atoms with Crippen LogP contribution in [0.5, 0.6) is 0 Å². The minimum absolute atomic E-state index is 0.0407. The van der Waals surface area contributed by atoms with E-state index in [0.29, 0.717) is 25.4 Å². The Morgan fingerprint density at radius 2 is 1.14 bits per heavy atom. The molecule has 32 atom stereocenters. The van der Waals surface area contributed by atoms with E-state index in [0.717, 1.165) is 38.5 Å². The summed E-state index contributed by atoms with van der Waals surface area (Å²) in [6, 6.07) is 0. The van der Waals surface area contributed by atoms with Gasteiger partial charge in [-0.3, -0.25) is 0 Å². The summed E-state index contributed by atoms with van der Waals surface area (Å²) < 4.78 is 61.9. The smallest absolute Gasteiger partial charge is 0.187 e. The van der Waals surface area contributed by atoms with E-state index in [9.17, 15) is 66.4 Å². The third-order valence-electron chi connectivity index (χ3n) is 19.8. The van der Waals surface area contributed by atoms with Crippen LogP contribution in [0.2, 0.25) is 0 Å². The normalized spacial score (nSPS) is 57.5. The zero-order valence-electron chi connectivity index (χ0n) is 42.7. The molecular formula is C51H82O23. The van der Waals surface area contributed by atoms with Crippen molar-refractivity contribution in [1.82, 2.24) is 0 Å². The van der Waals surface area contributed by atoms with Crippen LogP contribution in [0.25, 0.3) is 0 Å². The number of allylic oxidation sites excluding steroid dienone is 1. The maximum absolute atomic E-state index is 12.4. The monoisotopic (exact) mass is 1060 g/mol. The number of aliphatic hydroxyl groups excluding tert-OH is 13. The Morgan fingerprint density at radius 1 is 0.554 bits per heavy atom. The first kappa shape index (κ1) is 56.1. The molecule has 1 unspecified atom stereocenters. The van der Waals surface area contributed by atoms with E-state index in [4.69, 9.17) is 47.4 Å². The Morgan fingerprint density at radius 3 is 1.78 bits per heavy atom. The Bertz CT molecular complexity index is 1960. The Hall–Kier alpha value is -1.18. The third-order valence-corrected chi connectivity index (χ3v) is 19.8. The molecule has 0 radical (unpaired) electrons. The van der Waals surface area contributed by atoms with Crippen molar-refractivity contribution in [2.75, 3.05) is 26.4 Å². The predicted octanol–water partition coefficient (Wildman–Crippen LogP) is -2.99. The molecule has 6 aliphatic heterocycles. The molecule has 0 amide bonds. The number of aliphatic hydroxyl groups is 13. The molecule has 10 rings (SSSR count). The lowest BCUT2D eigenvalue weighted by molar-refractivity contribution is -0.401. The quantitative estimate of drug-likeness (QED) is 0.0918. The van der Waals surface area contributed by atoms with Crippen LogP contribution >= 0.6 is 0 Å². The molecule has 1 spiro atoms. The summed E-state index contributed by atoms with van der Waals surface area (Å²) in [4.78, 5) is 0. The molecule has 23 nitrogen and oxygen atoms in total. The lowest BCUT2D eigenvalue weighted by Gasteiger charge is -2.59. The first-order chi connectivity index (χ1) is 35.1. The first-order valence-electron chi connectivity index (χ1n) is 27.0. The van der Waals surface area contributed by atoms with Crippen molar-refractivity contribution in [3.8, 4) is 0 Å². The van der Waals surface area contributed by atoms with Crippen molar-refractivity contribution in [2.24, 2.45) is 46.3 Å². The largest absolute Gasteiger partial charge is 0.394 e. The van der Waals surface area contributed by atoms with Gasteiger partial charge in [0.2, 0.25) is 0 Å². The maximum atomic E-state index is 12.4. The van der Waals surface area contributed by atoms with Crippen molar-refractivity contribution < 1.29 is 114 Å². The zero-order valence-corrected chi connectivity index (χ0v) is 42.7. The van der Waals surface area contributed by atoms with Gasteiger partial charge >= 0.3 is 0 Å². The second-order valence-electron chi connectivity index (χ2n) is 24.0. The molecule has 0 aromatic heterocycles. The van der Waals surface area contributed by atoms with Gasteiger partial charge in [-0.2, -0.15) is 0 Å². The Labute approximate surface area is 430 Å². The van der Waals surface area contributed by atoms with Crippen LogP contribution < -0.4 is 0 Å². The molecule has 0 aromatic rings. The summed E-state index contributed by atoms with van der Waals surface area (Å²) in [5.74, 6) is 0.670. The summed E-state index contributed by atoms with van der Waals surface area (Å²) >= 11 is 0. The minimum atomic E-state index is -1.97. The fourth-order valence-corrected chi connectivity index (χ4v) is 15.5. The molecule has 13 N–H and O–H groups in total. The van der Waals surface area contributed by atoms with E-state index in [2.05, 4.69) is 33.8 Å². The molecule has 0 aromatic carbocycles. The molecule has 3 saturated carbocycles. The van der Waals surface area contributed by atoms with Gasteiger partial charge in [-0.05, 0) is 86.4 Å². The van der Waals surface area contributed by atoms with Crippen LogP contribution in [-0.4, -0.2) is 240 Å². The SMILES string of the molecule is C[C@H]1CCC2(OC1)O[C@H]1[C@H](O)[C@H]3[C@@H]4CC=C5C[C@@H](O[C@@H]6O[C@H](CO)[C@H](O[C@@H]7O[C@H](CO)[C@@H](O)[C@H](O)[C@H]7O[C@@H]7O[C@H](CO)[C@@H](O)[C@H](O)[C@H]7O)[C@H](O)[C@H]6O[C@@H]6O[C@@H](C)[C@H](O)[C@@H](O)[C@H]6O)CC[C@]5(C)[C@H]4CC[C@]3(C)[C@H]1[C@@H]2C. The van der Waals surface area contributed by atoms with E-state index in [1.165, 1.54) is 12.5 Å². The number of fused-ring (bicyclic) bond motifs is 7. The summed E-state index contributed by atoms with van der Waals surface area (Å²) in [5, 5.41) is 142. The fourth-order valence-electron chi connectivity index (χ4n) is 15.5. The lowest BCUT2D eigenvalue weighted by Crippen LogP contribution is -2.68. The highest BCUT2D eigenvalue weighted by molar-refractivity contribution is 5.27. The lowest BCUT2D eigenvalue weighted by atomic mass is 9.46. The molecule has 0 bridgehead atoms. The molecule has 9 fully saturated rings. The Balaban J connectivity index is 0.880. The third kappa shape index (κ3) is 9.29. The highest BCUT2D eigenvalue weighted by Gasteiger charge is 2.72. The van der Waals surface area contributed by atoms with E-state index in [1.807, 2.05) is 0 Å². The zero-order chi connectivity index (χ0) is 53.1. The highest BCUT2D eigenvalue weighted by Crippen LogP contribution is 2.71. The van der Waals surface area contributed by atoms with Crippen molar-refractivity contribution in [3.63, 3.8) is 0 Å². The van der Waals surface area contributed by atoms with Gasteiger partial charge in [0.15, 0.2) is 30.9 Å². The topological polar surface area (TPSA) is 355 Å². The van der Waals surface area contributed by atoms with Crippen LogP contribution in [0.3, 0.4) is 0 Å². The van der Waals surface area contributed by atoms with Gasteiger partial charge in [0.1, 0.15) is 91.6 Å². The molecule has 74 heavy (non-hydrogen) atoms. The molecule has 6 saturated heterocycles. The molecule has 6 heterocycles. The first-order valence-corrected chi connectivity index (χ1v) is 27.0.